The molecule has 0 aliphatic heterocycles. The van der Waals surface area contributed by atoms with Crippen LogP contribution in [-0.2, 0) is 11.2 Å². The van der Waals surface area contributed by atoms with E-state index in [1.165, 1.54) is 30.4 Å². The molecule has 0 bridgehead atoms. The number of carbonyl (C=O) groups excluding carboxylic acids is 1. The standard InChI is InChI=1S/C18H16N8O2S/c19-17-24-14-13(21-9-22-14)16(26-17)29-11(8-10-4-2-1-3-5-10)15(28)25-18-20-7-6-12(27)23-18/h1-7,9,11H,8H2,(H3,19,21,22,24,26)(H2,20,23,25,27,28)/t11-/m1/s1. The van der Waals surface area contributed by atoms with Crippen LogP contribution >= 0.6 is 11.8 Å². The van der Waals surface area contributed by atoms with Crippen LogP contribution in [0.2, 0.25) is 0 Å². The fraction of sp³-hybridized carbons (Fsp3) is 0.111. The van der Waals surface area contributed by atoms with Gasteiger partial charge in [-0.05, 0) is 12.0 Å². The molecule has 5 N–H and O–H groups in total. The maximum Gasteiger partial charge on any atom is 0.252 e. The van der Waals surface area contributed by atoms with E-state index in [-0.39, 0.29) is 23.4 Å². The third kappa shape index (κ3) is 4.41. The summed E-state index contributed by atoms with van der Waals surface area (Å²) in [5, 5.41) is 2.58. The highest BCUT2D eigenvalue weighted by molar-refractivity contribution is 8.00. The predicted octanol–water partition coefficient (Wildman–Crippen LogP) is 1.36. The van der Waals surface area contributed by atoms with Crippen LogP contribution in [0.15, 0.2) is 58.7 Å². The summed E-state index contributed by atoms with van der Waals surface area (Å²) in [5.41, 5.74) is 7.42. The van der Waals surface area contributed by atoms with Crippen molar-refractivity contribution in [2.45, 2.75) is 16.7 Å². The van der Waals surface area contributed by atoms with Crippen molar-refractivity contribution >= 4 is 40.7 Å². The number of hydrogen-bond donors (Lipinski definition) is 4. The Kier molecular flexibility index (Phi) is 5.20. The van der Waals surface area contributed by atoms with Crippen LogP contribution < -0.4 is 16.6 Å². The highest BCUT2D eigenvalue weighted by Gasteiger charge is 2.24. The van der Waals surface area contributed by atoms with Gasteiger partial charge < -0.3 is 10.7 Å². The number of nitrogen functional groups attached to an aromatic ring is 1. The normalized spacial score (nSPS) is 12.0. The van der Waals surface area contributed by atoms with E-state index in [9.17, 15) is 9.59 Å². The summed E-state index contributed by atoms with van der Waals surface area (Å²) in [7, 11) is 0. The Bertz CT molecular complexity index is 1210. The van der Waals surface area contributed by atoms with Gasteiger partial charge in [-0.15, -0.1) is 0 Å². The average Bonchev–Trinajstić information content (AvgIpc) is 3.17. The number of amides is 1. The van der Waals surface area contributed by atoms with E-state index >= 15 is 0 Å². The largest absolute Gasteiger partial charge is 0.368 e. The molecule has 0 spiro atoms. The number of benzene rings is 1. The molecule has 146 valence electrons. The van der Waals surface area contributed by atoms with Gasteiger partial charge in [0.1, 0.15) is 10.5 Å². The molecule has 11 heteroatoms. The lowest BCUT2D eigenvalue weighted by atomic mass is 10.1. The number of carbonyl (C=O) groups is 1. The molecule has 1 amide bonds. The van der Waals surface area contributed by atoms with Crippen LogP contribution in [-0.4, -0.2) is 41.1 Å². The summed E-state index contributed by atoms with van der Waals surface area (Å²) in [6.07, 6.45) is 3.24. The summed E-state index contributed by atoms with van der Waals surface area (Å²) in [6.45, 7) is 0. The van der Waals surface area contributed by atoms with Gasteiger partial charge in [-0.25, -0.2) is 15.0 Å². The van der Waals surface area contributed by atoms with Crippen molar-refractivity contribution in [3.8, 4) is 0 Å². The molecular weight excluding hydrogens is 392 g/mol. The van der Waals surface area contributed by atoms with Crippen molar-refractivity contribution < 1.29 is 4.79 Å². The van der Waals surface area contributed by atoms with Crippen LogP contribution in [0.1, 0.15) is 5.56 Å². The minimum Gasteiger partial charge on any atom is -0.368 e. The first kappa shape index (κ1) is 18.6. The minimum atomic E-state index is -0.580. The third-order valence-corrected chi connectivity index (χ3v) is 5.18. The average molecular weight is 408 g/mol. The van der Waals surface area contributed by atoms with Gasteiger partial charge in [0.25, 0.3) is 5.56 Å². The second-order valence-corrected chi connectivity index (χ2v) is 7.25. The van der Waals surface area contributed by atoms with Crippen molar-refractivity contribution in [2.75, 3.05) is 11.1 Å². The fourth-order valence-electron chi connectivity index (χ4n) is 2.69. The van der Waals surface area contributed by atoms with Crippen molar-refractivity contribution in [1.82, 2.24) is 29.9 Å². The van der Waals surface area contributed by atoms with Crippen LogP contribution in [0.5, 0.6) is 0 Å². The first-order chi connectivity index (χ1) is 14.1. The van der Waals surface area contributed by atoms with Gasteiger partial charge in [0.15, 0.2) is 5.65 Å². The maximum atomic E-state index is 13.0. The molecule has 1 atom stereocenters. The monoisotopic (exact) mass is 408 g/mol. The van der Waals surface area contributed by atoms with Crippen LogP contribution in [0, 0.1) is 0 Å². The van der Waals surface area contributed by atoms with Gasteiger partial charge in [0.05, 0.1) is 11.6 Å². The highest BCUT2D eigenvalue weighted by Crippen LogP contribution is 2.30. The summed E-state index contributed by atoms with van der Waals surface area (Å²) in [6, 6.07) is 10.9. The molecule has 0 radical (unpaired) electrons. The molecule has 29 heavy (non-hydrogen) atoms. The van der Waals surface area contributed by atoms with Gasteiger partial charge >= 0.3 is 0 Å². The molecule has 0 aliphatic carbocycles. The molecule has 3 aromatic heterocycles. The van der Waals surface area contributed by atoms with Crippen molar-refractivity contribution in [3.63, 3.8) is 0 Å². The van der Waals surface area contributed by atoms with Crippen molar-refractivity contribution in [3.05, 3.63) is 64.8 Å². The third-order valence-electron chi connectivity index (χ3n) is 3.99. The van der Waals surface area contributed by atoms with E-state index in [1.54, 1.807) is 0 Å². The van der Waals surface area contributed by atoms with E-state index in [0.29, 0.717) is 22.6 Å². The molecule has 1 aromatic carbocycles. The second kappa shape index (κ2) is 8.10. The van der Waals surface area contributed by atoms with E-state index in [0.717, 1.165) is 5.56 Å². The number of fused-ring (bicyclic) bond motifs is 1. The zero-order chi connectivity index (χ0) is 20.2. The number of anilines is 2. The highest BCUT2D eigenvalue weighted by atomic mass is 32.2. The van der Waals surface area contributed by atoms with Crippen LogP contribution in [0.3, 0.4) is 0 Å². The number of nitrogens with zero attached hydrogens (tertiary/aromatic N) is 4. The zero-order valence-electron chi connectivity index (χ0n) is 15.0. The molecule has 0 saturated heterocycles. The number of aromatic nitrogens is 6. The molecule has 10 nitrogen and oxygen atoms in total. The Morgan fingerprint density at radius 1 is 1.17 bits per heavy atom. The number of thioether (sulfide) groups is 1. The summed E-state index contributed by atoms with van der Waals surface area (Å²) in [5.74, 6) is -0.187. The predicted molar refractivity (Wildman–Crippen MR) is 109 cm³/mol. The lowest BCUT2D eigenvalue weighted by Crippen LogP contribution is -2.29. The number of nitrogens with two attached hydrogens (primary N) is 1. The quantitative estimate of drug-likeness (QED) is 0.275. The number of rotatable bonds is 6. The first-order valence-corrected chi connectivity index (χ1v) is 9.50. The molecule has 4 aromatic rings. The number of H-pyrrole nitrogens is 2. The van der Waals surface area contributed by atoms with Crippen molar-refractivity contribution in [1.29, 1.82) is 0 Å². The molecular formula is C18H16N8O2S. The maximum absolute atomic E-state index is 13.0. The molecule has 4 rings (SSSR count). The van der Waals surface area contributed by atoms with E-state index < -0.39 is 5.25 Å². The molecule has 0 aliphatic rings. The van der Waals surface area contributed by atoms with E-state index in [2.05, 4.69) is 35.2 Å². The minimum absolute atomic E-state index is 0.0695. The second-order valence-electron chi connectivity index (χ2n) is 6.06. The molecule has 0 fully saturated rings. The Hall–Kier alpha value is -3.73. The topological polar surface area (TPSA) is 155 Å². The van der Waals surface area contributed by atoms with Crippen LogP contribution in [0.4, 0.5) is 11.9 Å². The van der Waals surface area contributed by atoms with Crippen molar-refractivity contribution in [2.24, 2.45) is 0 Å². The molecule has 3 heterocycles. The van der Waals surface area contributed by atoms with Crippen LogP contribution in [0.25, 0.3) is 11.2 Å². The lowest BCUT2D eigenvalue weighted by molar-refractivity contribution is -0.115. The van der Waals surface area contributed by atoms with Gasteiger partial charge in [0.2, 0.25) is 17.8 Å². The smallest absolute Gasteiger partial charge is 0.252 e. The summed E-state index contributed by atoms with van der Waals surface area (Å²) >= 11 is 1.23. The van der Waals surface area contributed by atoms with E-state index in [1.807, 2.05) is 30.3 Å². The SMILES string of the molecule is Nc1nc(S[C@H](Cc2ccccc2)C(=O)Nc2nccc(=O)[nH]2)c2[nH]cnc2n1. The Balaban J connectivity index is 1.65. The van der Waals surface area contributed by atoms with Gasteiger partial charge in [-0.1, -0.05) is 42.1 Å². The zero-order valence-corrected chi connectivity index (χ0v) is 15.8. The molecule has 0 unspecified atom stereocenters. The van der Waals surface area contributed by atoms with E-state index in [4.69, 9.17) is 5.73 Å². The Labute approximate surface area is 168 Å². The Morgan fingerprint density at radius 2 is 2.00 bits per heavy atom. The van der Waals surface area contributed by atoms with Gasteiger partial charge in [-0.2, -0.15) is 4.98 Å². The number of aromatic amines is 2. The first-order valence-electron chi connectivity index (χ1n) is 8.62. The van der Waals surface area contributed by atoms with Gasteiger partial charge in [-0.3, -0.25) is 19.9 Å². The molecule has 0 saturated carbocycles. The summed E-state index contributed by atoms with van der Waals surface area (Å²) < 4.78 is 0. The number of hydrogen-bond acceptors (Lipinski definition) is 8. The number of imidazole rings is 1. The van der Waals surface area contributed by atoms with Gasteiger partial charge in [0, 0.05) is 12.3 Å². The Morgan fingerprint density at radius 3 is 2.79 bits per heavy atom. The summed E-state index contributed by atoms with van der Waals surface area (Å²) in [4.78, 5) is 46.4. The number of nitrogens with one attached hydrogen (secondary N) is 3. The fourth-order valence-corrected chi connectivity index (χ4v) is 3.82. The lowest BCUT2D eigenvalue weighted by Gasteiger charge is -2.16.